The molecule has 0 fully saturated rings. The largest absolute Gasteiger partial charge is 0.362 e. The maximum atomic E-state index is 12.1. The minimum absolute atomic E-state index is 0.197. The van der Waals surface area contributed by atoms with Crippen molar-refractivity contribution >= 4 is 17.5 Å². The van der Waals surface area contributed by atoms with E-state index in [1.807, 2.05) is 38.7 Å². The summed E-state index contributed by atoms with van der Waals surface area (Å²) in [6.07, 6.45) is 2.09. The molecular formula is C13H22N2OS. The number of nitrogens with one attached hydrogen (secondary N) is 1. The van der Waals surface area contributed by atoms with Crippen molar-refractivity contribution in [2.24, 2.45) is 0 Å². The smallest absolute Gasteiger partial charge is 0.178 e. The first-order chi connectivity index (χ1) is 7.95. The van der Waals surface area contributed by atoms with Gasteiger partial charge >= 0.3 is 0 Å². The fourth-order valence-corrected chi connectivity index (χ4v) is 2.59. The molecule has 1 atom stereocenters. The topological polar surface area (TPSA) is 36.1 Å². The van der Waals surface area contributed by atoms with Crippen molar-refractivity contribution in [3.8, 4) is 0 Å². The highest BCUT2D eigenvalue weighted by atomic mass is 32.2. The van der Waals surface area contributed by atoms with Gasteiger partial charge in [-0.05, 0) is 40.1 Å². The number of thioether (sulfide) groups is 1. The van der Waals surface area contributed by atoms with E-state index in [1.165, 1.54) is 0 Å². The first kappa shape index (κ1) is 14.3. The minimum Gasteiger partial charge on any atom is -0.362 e. The number of H-pyrrole nitrogens is 1. The van der Waals surface area contributed by atoms with Crippen LogP contribution in [0.3, 0.4) is 0 Å². The predicted molar refractivity (Wildman–Crippen MR) is 75.1 cm³/mol. The van der Waals surface area contributed by atoms with Crippen LogP contribution < -0.4 is 0 Å². The number of likely N-dealkylation sites (N-methyl/N-ethyl adjacent to an activating group) is 1. The van der Waals surface area contributed by atoms with Gasteiger partial charge in [-0.3, -0.25) is 9.69 Å². The van der Waals surface area contributed by atoms with Gasteiger partial charge in [-0.15, -0.1) is 0 Å². The zero-order valence-corrected chi connectivity index (χ0v) is 12.1. The number of Topliss-reactive ketones (excluding diaryl/α,β-unsaturated/α-hetero) is 1. The molecule has 96 valence electrons. The van der Waals surface area contributed by atoms with Gasteiger partial charge in [0.05, 0.1) is 6.54 Å². The third-order valence-corrected chi connectivity index (χ3v) is 3.82. The molecule has 0 saturated carbocycles. The Balaban J connectivity index is 2.63. The van der Waals surface area contributed by atoms with Gasteiger partial charge in [0, 0.05) is 28.7 Å². The van der Waals surface area contributed by atoms with Crippen LogP contribution in [0.25, 0.3) is 0 Å². The normalized spacial score (nSPS) is 13.1. The molecule has 0 saturated heterocycles. The van der Waals surface area contributed by atoms with Gasteiger partial charge in [0.1, 0.15) is 0 Å². The van der Waals surface area contributed by atoms with Gasteiger partial charge in [-0.2, -0.15) is 11.8 Å². The second kappa shape index (κ2) is 6.26. The van der Waals surface area contributed by atoms with Crippen LogP contribution in [-0.4, -0.2) is 47.3 Å². The van der Waals surface area contributed by atoms with E-state index in [9.17, 15) is 4.79 Å². The number of rotatable bonds is 6. The van der Waals surface area contributed by atoms with Crippen molar-refractivity contribution in [1.29, 1.82) is 0 Å². The molecule has 0 radical (unpaired) electrons. The van der Waals surface area contributed by atoms with Crippen molar-refractivity contribution in [3.63, 3.8) is 0 Å². The first-order valence-corrected chi connectivity index (χ1v) is 7.23. The molecule has 3 nitrogen and oxygen atoms in total. The van der Waals surface area contributed by atoms with Crippen LogP contribution >= 0.6 is 11.8 Å². The van der Waals surface area contributed by atoms with Crippen molar-refractivity contribution in [1.82, 2.24) is 9.88 Å². The number of nitrogens with zero attached hydrogens (tertiary/aromatic N) is 1. The average molecular weight is 254 g/mol. The van der Waals surface area contributed by atoms with E-state index in [2.05, 4.69) is 23.1 Å². The quantitative estimate of drug-likeness (QED) is 0.792. The molecule has 0 aromatic carbocycles. The number of ketones is 1. The summed E-state index contributed by atoms with van der Waals surface area (Å²) in [7, 11) is 2.01. The third-order valence-electron chi connectivity index (χ3n) is 3.00. The molecule has 1 unspecified atom stereocenters. The number of carbonyl (C=O) groups excluding carboxylic acids is 1. The van der Waals surface area contributed by atoms with Gasteiger partial charge < -0.3 is 4.98 Å². The number of hydrogen-bond acceptors (Lipinski definition) is 3. The van der Waals surface area contributed by atoms with Crippen LogP contribution in [0.1, 0.15) is 28.7 Å². The van der Waals surface area contributed by atoms with Crippen LogP contribution in [0.5, 0.6) is 0 Å². The van der Waals surface area contributed by atoms with Gasteiger partial charge in [0.15, 0.2) is 5.78 Å². The highest BCUT2D eigenvalue weighted by molar-refractivity contribution is 7.98. The zero-order chi connectivity index (χ0) is 13.0. The molecule has 0 aliphatic carbocycles. The molecule has 17 heavy (non-hydrogen) atoms. The lowest BCUT2D eigenvalue weighted by atomic mass is 10.1. The lowest BCUT2D eigenvalue weighted by Gasteiger charge is -2.23. The SMILES string of the molecule is CSCC(C)N(C)CC(=O)c1cc(C)[nH]c1C. The summed E-state index contributed by atoms with van der Waals surface area (Å²) < 4.78 is 0. The van der Waals surface area contributed by atoms with Crippen molar-refractivity contribution in [2.75, 3.05) is 25.6 Å². The Kier molecular flexibility index (Phi) is 5.28. The van der Waals surface area contributed by atoms with Crippen LogP contribution in [0.2, 0.25) is 0 Å². The number of aromatic amines is 1. The Bertz CT molecular complexity index is 387. The molecule has 1 heterocycles. The van der Waals surface area contributed by atoms with E-state index < -0.39 is 0 Å². The molecule has 1 aromatic rings. The predicted octanol–water partition coefficient (Wildman–Crippen LogP) is 2.50. The number of aromatic nitrogens is 1. The second-order valence-electron chi connectivity index (χ2n) is 4.63. The standard InChI is InChI=1S/C13H22N2OS/c1-9-6-12(11(3)14-9)13(16)7-15(4)10(2)8-17-5/h6,10,14H,7-8H2,1-5H3. The fourth-order valence-electron chi connectivity index (χ4n) is 1.85. The van der Waals surface area contributed by atoms with Gasteiger partial charge in [-0.25, -0.2) is 0 Å². The molecule has 0 aliphatic rings. The Morgan fingerprint density at radius 3 is 2.65 bits per heavy atom. The lowest BCUT2D eigenvalue weighted by Crippen LogP contribution is -2.35. The molecular weight excluding hydrogens is 232 g/mol. The minimum atomic E-state index is 0.197. The van der Waals surface area contributed by atoms with Crippen LogP contribution in [0.4, 0.5) is 0 Å². The molecule has 0 bridgehead atoms. The van der Waals surface area contributed by atoms with Crippen molar-refractivity contribution < 1.29 is 4.79 Å². The number of aryl methyl sites for hydroxylation is 2. The molecule has 0 spiro atoms. The lowest BCUT2D eigenvalue weighted by molar-refractivity contribution is 0.0930. The maximum absolute atomic E-state index is 12.1. The molecule has 1 rings (SSSR count). The molecule has 0 amide bonds. The fraction of sp³-hybridized carbons (Fsp3) is 0.615. The second-order valence-corrected chi connectivity index (χ2v) is 5.54. The van der Waals surface area contributed by atoms with Gasteiger partial charge in [0.25, 0.3) is 0 Å². The van der Waals surface area contributed by atoms with Crippen molar-refractivity contribution in [3.05, 3.63) is 23.0 Å². The summed E-state index contributed by atoms with van der Waals surface area (Å²) in [6, 6.07) is 2.36. The highest BCUT2D eigenvalue weighted by Gasteiger charge is 2.16. The Morgan fingerprint density at radius 1 is 1.53 bits per heavy atom. The third kappa shape index (κ3) is 3.89. The summed E-state index contributed by atoms with van der Waals surface area (Å²) in [5.41, 5.74) is 2.84. The van der Waals surface area contributed by atoms with E-state index in [0.29, 0.717) is 12.6 Å². The van der Waals surface area contributed by atoms with Gasteiger partial charge in [0.2, 0.25) is 0 Å². The summed E-state index contributed by atoms with van der Waals surface area (Å²) >= 11 is 1.81. The molecule has 0 aliphatic heterocycles. The summed E-state index contributed by atoms with van der Waals surface area (Å²) in [6.45, 7) is 6.56. The van der Waals surface area contributed by atoms with Crippen LogP contribution in [-0.2, 0) is 0 Å². The van der Waals surface area contributed by atoms with Crippen LogP contribution in [0, 0.1) is 13.8 Å². The van der Waals surface area contributed by atoms with E-state index in [0.717, 1.165) is 22.7 Å². The summed E-state index contributed by atoms with van der Waals surface area (Å²) in [5, 5.41) is 0. The number of hydrogen-bond donors (Lipinski definition) is 1. The first-order valence-electron chi connectivity index (χ1n) is 5.84. The Labute approximate surface area is 108 Å². The van der Waals surface area contributed by atoms with Crippen molar-refractivity contribution in [2.45, 2.75) is 26.8 Å². The number of carbonyl (C=O) groups is 1. The van der Waals surface area contributed by atoms with E-state index >= 15 is 0 Å². The molecule has 4 heteroatoms. The summed E-state index contributed by atoms with van der Waals surface area (Å²) in [5.74, 6) is 1.25. The maximum Gasteiger partial charge on any atom is 0.178 e. The van der Waals surface area contributed by atoms with Gasteiger partial charge in [-0.1, -0.05) is 0 Å². The Morgan fingerprint density at radius 2 is 2.18 bits per heavy atom. The van der Waals surface area contributed by atoms with E-state index in [4.69, 9.17) is 0 Å². The summed E-state index contributed by atoms with van der Waals surface area (Å²) in [4.78, 5) is 17.4. The monoisotopic (exact) mass is 254 g/mol. The highest BCUT2D eigenvalue weighted by Crippen LogP contribution is 2.12. The molecule has 1 N–H and O–H groups in total. The van der Waals surface area contributed by atoms with Crippen LogP contribution in [0.15, 0.2) is 6.07 Å². The van der Waals surface area contributed by atoms with E-state index in [-0.39, 0.29) is 5.78 Å². The average Bonchev–Trinajstić information content (AvgIpc) is 2.58. The molecule has 1 aromatic heterocycles. The zero-order valence-electron chi connectivity index (χ0n) is 11.3. The van der Waals surface area contributed by atoms with E-state index in [1.54, 1.807) is 0 Å². The Hall–Kier alpha value is -0.740.